The van der Waals surface area contributed by atoms with Crippen LogP contribution in [0.25, 0.3) is 0 Å². The van der Waals surface area contributed by atoms with Gasteiger partial charge in [-0.1, -0.05) is 82.3 Å². The fraction of sp³-hybridized carbons (Fsp3) is 0.385. The van der Waals surface area contributed by atoms with E-state index >= 15 is 0 Å². The smallest absolute Gasteiger partial charge is 0.341 e. The third kappa shape index (κ3) is 8.19. The molecule has 0 spiro atoms. The van der Waals surface area contributed by atoms with Gasteiger partial charge in [-0.2, -0.15) is 0 Å². The van der Waals surface area contributed by atoms with Crippen LogP contribution >= 0.6 is 0 Å². The summed E-state index contributed by atoms with van der Waals surface area (Å²) in [5.74, 6) is -0.0726. The zero-order valence-electron chi connectivity index (χ0n) is 26.6. The van der Waals surface area contributed by atoms with Crippen molar-refractivity contribution in [2.75, 3.05) is 13.2 Å². The van der Waals surface area contributed by atoms with Crippen molar-refractivity contribution in [3.05, 3.63) is 119 Å². The molecule has 1 saturated carbocycles. The number of carbonyl (C=O) groups excluding carboxylic acids is 2. The topological polar surface area (TPSA) is 93.1 Å². The van der Waals surface area contributed by atoms with Crippen molar-refractivity contribution < 1.29 is 29.3 Å². The van der Waals surface area contributed by atoms with E-state index in [-0.39, 0.29) is 16.6 Å². The van der Waals surface area contributed by atoms with Gasteiger partial charge in [0.05, 0.1) is 24.4 Å². The highest BCUT2D eigenvalue weighted by Gasteiger charge is 2.39. The van der Waals surface area contributed by atoms with Crippen LogP contribution in [-0.4, -0.2) is 35.4 Å². The Morgan fingerprint density at radius 1 is 0.756 bits per heavy atom. The Bertz CT molecular complexity index is 1400. The quantitative estimate of drug-likeness (QED) is 0.0848. The van der Waals surface area contributed by atoms with Gasteiger partial charge in [-0.05, 0) is 103 Å². The number of esters is 2. The number of aliphatic hydroxyl groups is 2. The van der Waals surface area contributed by atoms with E-state index in [1.807, 2.05) is 24.3 Å². The van der Waals surface area contributed by atoms with E-state index in [1.165, 1.54) is 36.0 Å². The van der Waals surface area contributed by atoms with Crippen LogP contribution in [0.3, 0.4) is 0 Å². The van der Waals surface area contributed by atoms with Gasteiger partial charge in [0.25, 0.3) is 0 Å². The second kappa shape index (κ2) is 15.8. The van der Waals surface area contributed by atoms with Crippen molar-refractivity contribution in [1.29, 1.82) is 0 Å². The molecule has 0 aliphatic heterocycles. The molecule has 0 radical (unpaired) electrons. The number of aryl methyl sites for hydroxylation is 2. The Morgan fingerprint density at radius 2 is 1.27 bits per heavy atom. The zero-order valence-corrected chi connectivity index (χ0v) is 26.6. The first-order chi connectivity index (χ1) is 21.7. The lowest BCUT2D eigenvalue weighted by atomic mass is 9.62. The van der Waals surface area contributed by atoms with Gasteiger partial charge in [0, 0.05) is 5.41 Å². The highest BCUT2D eigenvalue weighted by atomic mass is 16.5. The molecule has 0 heterocycles. The van der Waals surface area contributed by atoms with E-state index < -0.39 is 25.2 Å². The first-order valence-electron chi connectivity index (χ1n) is 16.1. The Morgan fingerprint density at radius 3 is 1.71 bits per heavy atom. The van der Waals surface area contributed by atoms with Gasteiger partial charge in [-0.25, -0.2) is 9.59 Å². The van der Waals surface area contributed by atoms with Crippen molar-refractivity contribution in [2.24, 2.45) is 0 Å². The number of hydrogen-bond acceptors (Lipinski definition) is 6. The minimum absolute atomic E-state index is 0.00237. The first kappa shape index (κ1) is 33.9. The average Bonchev–Trinajstić information content (AvgIpc) is 3.08. The van der Waals surface area contributed by atoms with Crippen molar-refractivity contribution in [3.8, 4) is 11.5 Å². The lowest BCUT2D eigenvalue weighted by molar-refractivity contribution is -0.131. The zero-order chi connectivity index (χ0) is 32.4. The molecule has 0 amide bonds. The molecule has 1 fully saturated rings. The van der Waals surface area contributed by atoms with Gasteiger partial charge in [0.15, 0.2) is 0 Å². The van der Waals surface area contributed by atoms with Crippen molar-refractivity contribution in [2.45, 2.75) is 83.0 Å². The van der Waals surface area contributed by atoms with Gasteiger partial charge in [0.2, 0.25) is 0 Å². The summed E-state index contributed by atoms with van der Waals surface area (Å²) in [6.45, 7) is 10.7. The van der Waals surface area contributed by atoms with Crippen LogP contribution < -0.4 is 9.47 Å². The maximum absolute atomic E-state index is 12.2. The summed E-state index contributed by atoms with van der Waals surface area (Å²) >= 11 is 0. The van der Waals surface area contributed by atoms with Gasteiger partial charge in [-0.15, -0.1) is 0 Å². The van der Waals surface area contributed by atoms with E-state index in [4.69, 9.17) is 9.47 Å². The normalized spacial score (nSPS) is 14.5. The fourth-order valence-electron chi connectivity index (χ4n) is 6.40. The molecule has 0 aromatic heterocycles. The molecule has 3 aromatic carbocycles. The monoisotopic (exact) mass is 610 g/mol. The van der Waals surface area contributed by atoms with Crippen LogP contribution in [0, 0.1) is 0 Å². The minimum Gasteiger partial charge on any atom is -0.423 e. The van der Waals surface area contributed by atoms with Crippen LogP contribution in [0.15, 0.2) is 91.0 Å². The SMILES string of the molecule is C=C(CO)C(=O)Oc1ccc(C2(c3ccc(OC(=O)C(=C)CO)cc3)CCC(c3ccc(CCCCC)c(CC)c3)CC2)cc1. The molecule has 0 unspecified atom stereocenters. The Hall–Kier alpha value is -4.00. The average molecular weight is 611 g/mol. The summed E-state index contributed by atoms with van der Waals surface area (Å²) < 4.78 is 10.8. The third-order valence-electron chi connectivity index (χ3n) is 9.17. The van der Waals surface area contributed by atoms with Gasteiger partial charge < -0.3 is 19.7 Å². The van der Waals surface area contributed by atoms with E-state index in [0.717, 1.165) is 49.7 Å². The lowest BCUT2D eigenvalue weighted by Crippen LogP contribution is -2.32. The number of rotatable bonds is 14. The third-order valence-corrected chi connectivity index (χ3v) is 9.17. The molecule has 0 saturated heterocycles. The Balaban J connectivity index is 1.60. The van der Waals surface area contributed by atoms with Crippen LogP contribution in [0.5, 0.6) is 11.5 Å². The molecule has 1 aliphatic rings. The molecule has 238 valence electrons. The fourth-order valence-corrected chi connectivity index (χ4v) is 6.40. The van der Waals surface area contributed by atoms with Crippen LogP contribution in [0.4, 0.5) is 0 Å². The summed E-state index contributed by atoms with van der Waals surface area (Å²) in [6, 6.07) is 22.3. The van der Waals surface area contributed by atoms with Crippen molar-refractivity contribution in [1.82, 2.24) is 0 Å². The van der Waals surface area contributed by atoms with Crippen LogP contribution in [0.2, 0.25) is 0 Å². The number of aliphatic hydroxyl groups excluding tert-OH is 2. The summed E-state index contributed by atoms with van der Waals surface area (Å²) in [5, 5.41) is 18.4. The number of ether oxygens (including phenoxy) is 2. The molecule has 45 heavy (non-hydrogen) atoms. The van der Waals surface area contributed by atoms with E-state index in [9.17, 15) is 19.8 Å². The van der Waals surface area contributed by atoms with Crippen LogP contribution in [-0.2, 0) is 27.8 Å². The van der Waals surface area contributed by atoms with E-state index in [1.54, 1.807) is 24.3 Å². The molecular weight excluding hydrogens is 564 g/mol. The molecule has 0 atom stereocenters. The predicted molar refractivity (Wildman–Crippen MR) is 178 cm³/mol. The van der Waals surface area contributed by atoms with E-state index in [2.05, 4.69) is 45.2 Å². The number of hydrogen-bond donors (Lipinski definition) is 2. The molecule has 2 N–H and O–H groups in total. The predicted octanol–water partition coefficient (Wildman–Crippen LogP) is 7.53. The first-order valence-corrected chi connectivity index (χ1v) is 16.1. The summed E-state index contributed by atoms with van der Waals surface area (Å²) in [5.41, 5.74) is 6.28. The minimum atomic E-state index is -0.655. The highest BCUT2D eigenvalue weighted by molar-refractivity contribution is 5.90. The Labute approximate surface area is 267 Å². The molecule has 6 heteroatoms. The molecule has 4 rings (SSSR count). The number of benzene rings is 3. The Kier molecular flexibility index (Phi) is 11.9. The maximum atomic E-state index is 12.2. The molecule has 0 bridgehead atoms. The second-order valence-electron chi connectivity index (χ2n) is 12.0. The largest absolute Gasteiger partial charge is 0.423 e. The maximum Gasteiger partial charge on any atom is 0.341 e. The number of carbonyl (C=O) groups is 2. The summed E-state index contributed by atoms with van der Waals surface area (Å²) in [4.78, 5) is 24.3. The summed E-state index contributed by atoms with van der Waals surface area (Å²) in [7, 11) is 0. The molecular formula is C39H46O6. The standard InChI is InChI=1S/C39H46O6/c1-5-7-8-9-30-10-11-32(24-29(30)6-2)31-20-22-39(23-21-31,33-12-16-35(17-13-33)44-37(42)27(3)25-40)34-14-18-36(19-15-34)45-38(43)28(4)26-41/h10-19,24,31,40-41H,3-9,20-23,25-26H2,1-2H3. The van der Waals surface area contributed by atoms with Gasteiger partial charge in [0.1, 0.15) is 11.5 Å². The molecule has 1 aliphatic carbocycles. The lowest BCUT2D eigenvalue weighted by Gasteiger charge is -2.42. The van der Waals surface area contributed by atoms with Gasteiger partial charge in [-0.3, -0.25) is 0 Å². The molecule has 3 aromatic rings. The van der Waals surface area contributed by atoms with Gasteiger partial charge >= 0.3 is 11.9 Å². The molecule has 6 nitrogen and oxygen atoms in total. The van der Waals surface area contributed by atoms with Crippen molar-refractivity contribution in [3.63, 3.8) is 0 Å². The highest BCUT2D eigenvalue weighted by Crippen LogP contribution is 2.49. The van der Waals surface area contributed by atoms with Crippen molar-refractivity contribution >= 4 is 11.9 Å². The van der Waals surface area contributed by atoms with Crippen LogP contribution in [0.1, 0.15) is 92.5 Å². The number of unbranched alkanes of at least 4 members (excludes halogenated alkanes) is 2. The van der Waals surface area contributed by atoms with E-state index in [0.29, 0.717) is 17.4 Å². The summed E-state index contributed by atoms with van der Waals surface area (Å²) in [6.07, 6.45) is 9.76. The second-order valence-corrected chi connectivity index (χ2v) is 12.0.